The minimum atomic E-state index is -0.840. The van der Waals surface area contributed by atoms with E-state index in [4.69, 9.17) is 9.47 Å². The second kappa shape index (κ2) is 10.5. The number of ether oxygens (including phenoxy) is 2. The third kappa shape index (κ3) is 6.13. The van der Waals surface area contributed by atoms with Crippen molar-refractivity contribution in [1.82, 2.24) is 0 Å². The monoisotopic (exact) mass is 408 g/mol. The fourth-order valence-corrected chi connectivity index (χ4v) is 5.19. The molecule has 0 bridgehead atoms. The number of aliphatic hydroxyl groups is 2. The van der Waals surface area contributed by atoms with E-state index < -0.39 is 23.6 Å². The SMILES string of the molecule is CCCCCCCCCCC[C@@H]1C[C@@H](O)C[C@@]2(CC[C@@]3(C=CC(=O)C[C@H]3O)O2)O1. The van der Waals surface area contributed by atoms with Crippen LogP contribution >= 0.6 is 0 Å². The number of carbonyl (C=O) groups excluding carboxylic acids is 1. The fraction of sp³-hybridized carbons (Fsp3) is 0.875. The van der Waals surface area contributed by atoms with Crippen molar-refractivity contribution in [2.24, 2.45) is 0 Å². The first-order valence-corrected chi connectivity index (χ1v) is 11.9. The summed E-state index contributed by atoms with van der Waals surface area (Å²) in [6, 6.07) is 0. The molecule has 5 atom stereocenters. The molecule has 3 rings (SSSR count). The molecular weight excluding hydrogens is 368 g/mol. The Morgan fingerprint density at radius 3 is 2.41 bits per heavy atom. The maximum Gasteiger partial charge on any atom is 0.172 e. The second-order valence-electron chi connectivity index (χ2n) is 9.44. The van der Waals surface area contributed by atoms with Gasteiger partial charge in [-0.2, -0.15) is 0 Å². The van der Waals surface area contributed by atoms with Crippen LogP contribution in [0.5, 0.6) is 0 Å². The Morgan fingerprint density at radius 1 is 1.03 bits per heavy atom. The van der Waals surface area contributed by atoms with E-state index in [1.165, 1.54) is 57.4 Å². The van der Waals surface area contributed by atoms with Gasteiger partial charge in [0, 0.05) is 19.3 Å². The maximum atomic E-state index is 11.6. The number of aliphatic hydroxyl groups excluding tert-OH is 2. The van der Waals surface area contributed by atoms with Gasteiger partial charge >= 0.3 is 0 Å². The summed E-state index contributed by atoms with van der Waals surface area (Å²) in [5.74, 6) is -0.895. The van der Waals surface area contributed by atoms with E-state index >= 15 is 0 Å². The lowest BCUT2D eigenvalue weighted by molar-refractivity contribution is -0.306. The Kier molecular flexibility index (Phi) is 8.32. The molecule has 0 aromatic heterocycles. The van der Waals surface area contributed by atoms with E-state index in [9.17, 15) is 15.0 Å². The summed E-state index contributed by atoms with van der Waals surface area (Å²) in [6.45, 7) is 2.25. The third-order valence-corrected chi connectivity index (χ3v) is 6.88. The van der Waals surface area contributed by atoms with Crippen LogP contribution < -0.4 is 0 Å². The van der Waals surface area contributed by atoms with Crippen LogP contribution in [0.4, 0.5) is 0 Å². The lowest BCUT2D eigenvalue weighted by atomic mass is 9.85. The lowest BCUT2D eigenvalue weighted by Gasteiger charge is -2.43. The zero-order valence-corrected chi connectivity index (χ0v) is 18.1. The van der Waals surface area contributed by atoms with Gasteiger partial charge in [0.1, 0.15) is 5.60 Å². The summed E-state index contributed by atoms with van der Waals surface area (Å²) in [5, 5.41) is 20.9. The van der Waals surface area contributed by atoms with Crippen molar-refractivity contribution in [1.29, 1.82) is 0 Å². The highest BCUT2D eigenvalue weighted by Crippen LogP contribution is 2.49. The van der Waals surface area contributed by atoms with E-state index in [-0.39, 0.29) is 18.3 Å². The largest absolute Gasteiger partial charge is 0.393 e. The number of hydrogen-bond acceptors (Lipinski definition) is 5. The normalized spacial score (nSPS) is 37.1. The first-order valence-electron chi connectivity index (χ1n) is 11.9. The summed E-state index contributed by atoms with van der Waals surface area (Å²) in [4.78, 5) is 11.6. The molecule has 0 saturated carbocycles. The van der Waals surface area contributed by atoms with Crippen molar-refractivity contribution in [3.05, 3.63) is 12.2 Å². The number of unbranched alkanes of at least 4 members (excludes halogenated alkanes) is 8. The third-order valence-electron chi connectivity index (χ3n) is 6.88. The van der Waals surface area contributed by atoms with Gasteiger partial charge in [0.05, 0.1) is 18.3 Å². The fourth-order valence-electron chi connectivity index (χ4n) is 5.19. The Balaban J connectivity index is 1.42. The smallest absolute Gasteiger partial charge is 0.172 e. The number of carbonyl (C=O) groups is 1. The Bertz CT molecular complexity index is 561. The molecule has 0 aromatic rings. The van der Waals surface area contributed by atoms with Crippen LogP contribution in [0, 0.1) is 0 Å². The molecule has 29 heavy (non-hydrogen) atoms. The van der Waals surface area contributed by atoms with Gasteiger partial charge in [0.15, 0.2) is 11.6 Å². The molecule has 2 saturated heterocycles. The predicted octanol–water partition coefficient (Wildman–Crippen LogP) is 4.58. The average Bonchev–Trinajstić information content (AvgIpc) is 3.02. The molecule has 2 heterocycles. The van der Waals surface area contributed by atoms with E-state index in [2.05, 4.69) is 6.92 Å². The molecule has 2 spiro atoms. The van der Waals surface area contributed by atoms with E-state index in [0.717, 1.165) is 12.8 Å². The van der Waals surface area contributed by atoms with E-state index in [1.54, 1.807) is 6.08 Å². The quantitative estimate of drug-likeness (QED) is 0.517. The van der Waals surface area contributed by atoms with E-state index in [1.807, 2.05) is 0 Å². The van der Waals surface area contributed by atoms with E-state index in [0.29, 0.717) is 25.7 Å². The Morgan fingerprint density at radius 2 is 1.72 bits per heavy atom. The van der Waals surface area contributed by atoms with Crippen LogP contribution in [0.1, 0.15) is 103 Å². The average molecular weight is 409 g/mol. The predicted molar refractivity (Wildman–Crippen MR) is 113 cm³/mol. The molecule has 2 fully saturated rings. The van der Waals surface area contributed by atoms with Crippen molar-refractivity contribution in [3.8, 4) is 0 Å². The van der Waals surface area contributed by atoms with Crippen LogP contribution in [0.2, 0.25) is 0 Å². The molecular formula is C24H40O5. The first-order chi connectivity index (χ1) is 14.0. The molecule has 0 amide bonds. The zero-order chi connectivity index (χ0) is 20.7. The van der Waals surface area contributed by atoms with Gasteiger partial charge in [-0.25, -0.2) is 0 Å². The molecule has 2 N–H and O–H groups in total. The van der Waals surface area contributed by atoms with Crippen LogP contribution in [0.3, 0.4) is 0 Å². The van der Waals surface area contributed by atoms with Gasteiger partial charge in [0.25, 0.3) is 0 Å². The standard InChI is InChI=1S/C24H40O5/c1-2-3-4-5-6-7-8-9-10-11-21-16-20(26)18-24(28-21)15-14-23(29-24)13-12-19(25)17-22(23)27/h12-13,20-22,26-27H,2-11,14-18H2,1H3/t20-,21-,22-,23-,24+/m1/s1. The van der Waals surface area contributed by atoms with Gasteiger partial charge in [0.2, 0.25) is 0 Å². The molecule has 2 aliphatic heterocycles. The van der Waals surface area contributed by atoms with Gasteiger partial charge < -0.3 is 19.7 Å². The zero-order valence-electron chi connectivity index (χ0n) is 18.1. The van der Waals surface area contributed by atoms with Gasteiger partial charge in [-0.15, -0.1) is 0 Å². The highest BCUT2D eigenvalue weighted by Gasteiger charge is 2.56. The molecule has 0 unspecified atom stereocenters. The van der Waals surface area contributed by atoms with Crippen LogP contribution in [-0.4, -0.2) is 45.7 Å². The minimum Gasteiger partial charge on any atom is -0.393 e. The van der Waals surface area contributed by atoms with Crippen molar-refractivity contribution in [2.75, 3.05) is 0 Å². The summed E-state index contributed by atoms with van der Waals surface area (Å²) < 4.78 is 12.7. The summed E-state index contributed by atoms with van der Waals surface area (Å²) in [5.41, 5.74) is -0.840. The minimum absolute atomic E-state index is 0.00444. The molecule has 5 nitrogen and oxygen atoms in total. The summed E-state index contributed by atoms with van der Waals surface area (Å²) in [6.07, 6.45) is 17.0. The number of ketones is 1. The Hall–Kier alpha value is -0.750. The van der Waals surface area contributed by atoms with Crippen molar-refractivity contribution in [3.63, 3.8) is 0 Å². The molecule has 166 valence electrons. The second-order valence-corrected chi connectivity index (χ2v) is 9.44. The van der Waals surface area contributed by atoms with Crippen molar-refractivity contribution in [2.45, 2.75) is 133 Å². The van der Waals surface area contributed by atoms with Gasteiger partial charge in [-0.3, -0.25) is 4.79 Å². The molecule has 1 aliphatic carbocycles. The molecule has 0 radical (unpaired) electrons. The summed E-state index contributed by atoms with van der Waals surface area (Å²) in [7, 11) is 0. The van der Waals surface area contributed by atoms with Crippen molar-refractivity contribution < 1.29 is 24.5 Å². The highest BCUT2D eigenvalue weighted by atomic mass is 16.7. The molecule has 5 heteroatoms. The number of allylic oxidation sites excluding steroid dienone is 1. The van der Waals surface area contributed by atoms with Crippen LogP contribution in [0.25, 0.3) is 0 Å². The number of rotatable bonds is 10. The molecule has 0 aromatic carbocycles. The summed E-state index contributed by atoms with van der Waals surface area (Å²) >= 11 is 0. The topological polar surface area (TPSA) is 76.0 Å². The van der Waals surface area contributed by atoms with Crippen LogP contribution in [0.15, 0.2) is 12.2 Å². The lowest BCUT2D eigenvalue weighted by Crippen LogP contribution is -2.51. The highest BCUT2D eigenvalue weighted by molar-refractivity contribution is 5.91. The first kappa shape index (κ1) is 22.9. The molecule has 3 aliphatic rings. The van der Waals surface area contributed by atoms with Crippen LogP contribution in [-0.2, 0) is 14.3 Å². The Labute approximate surface area is 175 Å². The van der Waals surface area contributed by atoms with Gasteiger partial charge in [-0.05, 0) is 31.4 Å². The maximum absolute atomic E-state index is 11.6. The van der Waals surface area contributed by atoms with Gasteiger partial charge in [-0.1, -0.05) is 64.7 Å². The number of hydrogen-bond donors (Lipinski definition) is 2. The van der Waals surface area contributed by atoms with Crippen molar-refractivity contribution >= 4 is 5.78 Å².